The van der Waals surface area contributed by atoms with Gasteiger partial charge in [0.1, 0.15) is 11.4 Å². The van der Waals surface area contributed by atoms with Gasteiger partial charge < -0.3 is 10.8 Å². The first-order chi connectivity index (χ1) is 6.55. The van der Waals surface area contributed by atoms with E-state index in [9.17, 15) is 9.18 Å². The third kappa shape index (κ3) is 1.19. The van der Waals surface area contributed by atoms with E-state index in [1.54, 1.807) is 18.2 Å². The second-order valence-corrected chi connectivity index (χ2v) is 3.62. The summed E-state index contributed by atoms with van der Waals surface area (Å²) in [6, 6.07) is 6.15. The Labute approximate surface area is 80.3 Å². The zero-order chi connectivity index (χ0) is 10.3. The monoisotopic (exact) mass is 195 g/mol. The lowest BCUT2D eigenvalue weighted by molar-refractivity contribution is -0.139. The highest BCUT2D eigenvalue weighted by Gasteiger charge is 2.58. The fourth-order valence-electron chi connectivity index (χ4n) is 1.66. The first kappa shape index (κ1) is 9.15. The molecule has 2 atom stereocenters. The number of carbonyl (C=O) groups is 1. The van der Waals surface area contributed by atoms with E-state index >= 15 is 0 Å². The van der Waals surface area contributed by atoms with Crippen LogP contribution in [0.2, 0.25) is 0 Å². The Bertz CT molecular complexity index is 393. The van der Waals surface area contributed by atoms with Crippen molar-refractivity contribution < 1.29 is 14.3 Å². The molecule has 1 aromatic carbocycles. The summed E-state index contributed by atoms with van der Waals surface area (Å²) in [7, 11) is 0. The Morgan fingerprint density at radius 1 is 1.57 bits per heavy atom. The van der Waals surface area contributed by atoms with Crippen molar-refractivity contribution in [2.75, 3.05) is 0 Å². The molecule has 0 spiro atoms. The predicted octanol–water partition coefficient (Wildman–Crippen LogP) is 1.10. The Hall–Kier alpha value is -1.42. The standard InChI is InChI=1S/C10H10FNO2/c11-8-4-2-1-3-6(8)7-5-10(7,12)9(13)14/h1-4,7H,5,12H2,(H,13,14)/t7-,10-/m0/s1. The lowest BCUT2D eigenvalue weighted by atomic mass is 10.1. The molecular weight excluding hydrogens is 185 g/mol. The molecule has 74 valence electrons. The third-order valence-corrected chi connectivity index (χ3v) is 2.68. The highest BCUT2D eigenvalue weighted by atomic mass is 19.1. The van der Waals surface area contributed by atoms with Crippen molar-refractivity contribution in [3.8, 4) is 0 Å². The Morgan fingerprint density at radius 3 is 2.71 bits per heavy atom. The van der Waals surface area contributed by atoms with E-state index < -0.39 is 11.5 Å². The van der Waals surface area contributed by atoms with Crippen LogP contribution in [-0.2, 0) is 4.79 Å². The van der Waals surface area contributed by atoms with Crippen LogP contribution >= 0.6 is 0 Å². The minimum Gasteiger partial charge on any atom is -0.480 e. The molecule has 0 aliphatic heterocycles. The summed E-state index contributed by atoms with van der Waals surface area (Å²) in [4.78, 5) is 10.7. The van der Waals surface area contributed by atoms with E-state index in [2.05, 4.69) is 0 Å². The molecule has 4 heteroatoms. The summed E-state index contributed by atoms with van der Waals surface area (Å²) in [6.07, 6.45) is 0.309. The van der Waals surface area contributed by atoms with Crippen LogP contribution in [-0.4, -0.2) is 16.6 Å². The first-order valence-corrected chi connectivity index (χ1v) is 4.32. The summed E-state index contributed by atoms with van der Waals surface area (Å²) in [6.45, 7) is 0. The average Bonchev–Trinajstić information content (AvgIpc) is 2.80. The van der Waals surface area contributed by atoms with Crippen LogP contribution in [0.15, 0.2) is 24.3 Å². The molecule has 0 radical (unpaired) electrons. The summed E-state index contributed by atoms with van der Waals surface area (Å²) in [5.41, 5.74) is 4.71. The number of benzene rings is 1. The van der Waals surface area contributed by atoms with Crippen molar-refractivity contribution in [3.05, 3.63) is 35.6 Å². The number of rotatable bonds is 2. The Morgan fingerprint density at radius 2 is 2.21 bits per heavy atom. The first-order valence-electron chi connectivity index (χ1n) is 4.32. The smallest absolute Gasteiger partial charge is 0.324 e. The van der Waals surface area contributed by atoms with E-state index in [0.717, 1.165) is 0 Å². The SMILES string of the molecule is N[C@@]1(C(=O)O)C[C@H]1c1ccccc1F. The molecule has 3 N–H and O–H groups in total. The minimum absolute atomic E-state index is 0.309. The summed E-state index contributed by atoms with van der Waals surface area (Å²) < 4.78 is 13.2. The Kier molecular flexibility index (Phi) is 1.82. The van der Waals surface area contributed by atoms with Gasteiger partial charge in [-0.2, -0.15) is 0 Å². The average molecular weight is 195 g/mol. The van der Waals surface area contributed by atoms with Crippen molar-refractivity contribution >= 4 is 5.97 Å². The van der Waals surface area contributed by atoms with Gasteiger partial charge in [-0.1, -0.05) is 18.2 Å². The van der Waals surface area contributed by atoms with E-state index in [0.29, 0.717) is 12.0 Å². The summed E-state index contributed by atoms with van der Waals surface area (Å²) in [5.74, 6) is -1.84. The van der Waals surface area contributed by atoms with Gasteiger partial charge in [-0.25, -0.2) is 4.39 Å². The molecule has 0 unspecified atom stereocenters. The molecule has 2 rings (SSSR count). The lowest BCUT2D eigenvalue weighted by Gasteiger charge is -2.05. The summed E-state index contributed by atoms with van der Waals surface area (Å²) in [5, 5.41) is 8.79. The largest absolute Gasteiger partial charge is 0.480 e. The minimum atomic E-state index is -1.26. The lowest BCUT2D eigenvalue weighted by Crippen LogP contribution is -2.34. The van der Waals surface area contributed by atoms with Crippen LogP contribution in [0.4, 0.5) is 4.39 Å². The zero-order valence-electron chi connectivity index (χ0n) is 7.40. The molecular formula is C10H10FNO2. The van der Waals surface area contributed by atoms with Crippen LogP contribution < -0.4 is 5.73 Å². The maximum Gasteiger partial charge on any atom is 0.324 e. The highest BCUT2D eigenvalue weighted by Crippen LogP contribution is 2.50. The van der Waals surface area contributed by atoms with Gasteiger partial charge in [0.2, 0.25) is 0 Å². The topological polar surface area (TPSA) is 63.3 Å². The Balaban J connectivity index is 2.29. The van der Waals surface area contributed by atoms with Crippen molar-refractivity contribution in [2.24, 2.45) is 5.73 Å². The van der Waals surface area contributed by atoms with E-state index in [1.807, 2.05) is 0 Å². The zero-order valence-corrected chi connectivity index (χ0v) is 7.40. The van der Waals surface area contributed by atoms with Crippen LogP contribution in [0.5, 0.6) is 0 Å². The van der Waals surface area contributed by atoms with Gasteiger partial charge in [-0.05, 0) is 18.1 Å². The van der Waals surface area contributed by atoms with Gasteiger partial charge >= 0.3 is 5.97 Å². The van der Waals surface area contributed by atoms with Crippen LogP contribution in [0, 0.1) is 5.82 Å². The highest BCUT2D eigenvalue weighted by molar-refractivity contribution is 5.84. The molecule has 0 amide bonds. The number of halogens is 1. The molecule has 1 aromatic rings. The van der Waals surface area contributed by atoms with Crippen LogP contribution in [0.3, 0.4) is 0 Å². The molecule has 0 aromatic heterocycles. The fraction of sp³-hybridized carbons (Fsp3) is 0.300. The van der Waals surface area contributed by atoms with Crippen molar-refractivity contribution in [2.45, 2.75) is 17.9 Å². The second kappa shape index (κ2) is 2.78. The molecule has 14 heavy (non-hydrogen) atoms. The summed E-state index contributed by atoms with van der Waals surface area (Å²) >= 11 is 0. The van der Waals surface area contributed by atoms with Gasteiger partial charge in [-0.15, -0.1) is 0 Å². The quantitative estimate of drug-likeness (QED) is 0.742. The number of carboxylic acid groups (broad SMARTS) is 1. The van der Waals surface area contributed by atoms with Crippen LogP contribution in [0.1, 0.15) is 17.9 Å². The maximum absolute atomic E-state index is 13.2. The van der Waals surface area contributed by atoms with Gasteiger partial charge in [0.15, 0.2) is 0 Å². The number of hydrogen-bond acceptors (Lipinski definition) is 2. The third-order valence-electron chi connectivity index (χ3n) is 2.68. The molecule has 0 saturated heterocycles. The van der Waals surface area contributed by atoms with Crippen molar-refractivity contribution in [1.82, 2.24) is 0 Å². The molecule has 1 aliphatic rings. The van der Waals surface area contributed by atoms with E-state index in [4.69, 9.17) is 10.8 Å². The van der Waals surface area contributed by atoms with Gasteiger partial charge in [-0.3, -0.25) is 4.79 Å². The number of aliphatic carboxylic acids is 1. The molecule has 0 bridgehead atoms. The molecule has 0 heterocycles. The predicted molar refractivity (Wildman–Crippen MR) is 48.3 cm³/mol. The van der Waals surface area contributed by atoms with Crippen LogP contribution in [0.25, 0.3) is 0 Å². The van der Waals surface area contributed by atoms with Gasteiger partial charge in [0.25, 0.3) is 0 Å². The fourth-order valence-corrected chi connectivity index (χ4v) is 1.66. The van der Waals surface area contributed by atoms with Gasteiger partial charge in [0.05, 0.1) is 0 Å². The number of nitrogens with two attached hydrogens (primary N) is 1. The van der Waals surface area contributed by atoms with E-state index in [-0.39, 0.29) is 11.7 Å². The normalized spacial score (nSPS) is 30.0. The molecule has 1 saturated carbocycles. The number of hydrogen-bond donors (Lipinski definition) is 2. The number of carboxylic acids is 1. The van der Waals surface area contributed by atoms with Crippen molar-refractivity contribution in [3.63, 3.8) is 0 Å². The second-order valence-electron chi connectivity index (χ2n) is 3.62. The molecule has 3 nitrogen and oxygen atoms in total. The molecule has 1 fully saturated rings. The van der Waals surface area contributed by atoms with E-state index in [1.165, 1.54) is 6.07 Å². The van der Waals surface area contributed by atoms with Gasteiger partial charge in [0, 0.05) is 5.92 Å². The van der Waals surface area contributed by atoms with Crippen molar-refractivity contribution in [1.29, 1.82) is 0 Å². The molecule has 1 aliphatic carbocycles. The maximum atomic E-state index is 13.2.